The topological polar surface area (TPSA) is 92.2 Å². The van der Waals surface area contributed by atoms with Gasteiger partial charge in [0.15, 0.2) is 0 Å². The fourth-order valence-electron chi connectivity index (χ4n) is 1.09. The van der Waals surface area contributed by atoms with Crippen molar-refractivity contribution in [1.29, 1.82) is 0 Å². The molecule has 0 aliphatic heterocycles. The Morgan fingerprint density at radius 2 is 1.94 bits per heavy atom. The van der Waals surface area contributed by atoms with Gasteiger partial charge in [0.1, 0.15) is 0 Å². The monoisotopic (exact) mass is 241 g/mol. The number of hydrogen-bond donors (Lipinski definition) is 3. The minimum absolute atomic E-state index is 0.00685. The number of nitrogens with zero attached hydrogens (tertiary/aromatic N) is 3. The minimum atomic E-state index is 0.00685. The predicted molar refractivity (Wildman–Crippen MR) is 65.3 cm³/mol. The van der Waals surface area contributed by atoms with Crippen LogP contribution in [0, 0.1) is 0 Å². The molecular weight excluding hydrogens is 222 g/mol. The van der Waals surface area contributed by atoms with Gasteiger partial charge >= 0.3 is 6.01 Å². The number of aliphatic hydroxyl groups excluding tert-OH is 1. The molecule has 0 amide bonds. The van der Waals surface area contributed by atoms with Gasteiger partial charge in [0.25, 0.3) is 0 Å². The lowest BCUT2D eigenvalue weighted by Crippen LogP contribution is -2.13. The van der Waals surface area contributed by atoms with Crippen LogP contribution in [-0.4, -0.2) is 46.4 Å². The van der Waals surface area contributed by atoms with Gasteiger partial charge in [-0.25, -0.2) is 0 Å². The van der Waals surface area contributed by atoms with E-state index in [1.165, 1.54) is 0 Å². The van der Waals surface area contributed by atoms with E-state index in [0.29, 0.717) is 24.9 Å². The SMILES string of the molecule is CNc1nc(NCCCO)nc(OC(C)C)n1. The molecule has 0 spiro atoms. The van der Waals surface area contributed by atoms with E-state index in [9.17, 15) is 0 Å². The van der Waals surface area contributed by atoms with Crippen molar-refractivity contribution in [2.24, 2.45) is 0 Å². The van der Waals surface area contributed by atoms with Crippen molar-refractivity contribution in [3.05, 3.63) is 0 Å². The maximum absolute atomic E-state index is 8.69. The molecule has 7 nitrogen and oxygen atoms in total. The van der Waals surface area contributed by atoms with E-state index in [4.69, 9.17) is 9.84 Å². The van der Waals surface area contributed by atoms with E-state index in [-0.39, 0.29) is 18.7 Å². The van der Waals surface area contributed by atoms with Gasteiger partial charge in [0.2, 0.25) is 11.9 Å². The molecule has 0 radical (unpaired) electrons. The largest absolute Gasteiger partial charge is 0.461 e. The standard InChI is InChI=1S/C10H19N5O2/c1-7(2)17-10-14-8(11-3)13-9(15-10)12-5-4-6-16/h7,16H,4-6H2,1-3H3,(H2,11,12,13,14,15). The molecule has 0 aliphatic carbocycles. The van der Waals surface area contributed by atoms with Gasteiger partial charge in [0.05, 0.1) is 6.10 Å². The highest BCUT2D eigenvalue weighted by molar-refractivity contribution is 5.35. The molecule has 1 heterocycles. The summed E-state index contributed by atoms with van der Waals surface area (Å²) < 4.78 is 5.41. The van der Waals surface area contributed by atoms with Gasteiger partial charge in [-0.05, 0) is 20.3 Å². The van der Waals surface area contributed by atoms with Crippen molar-refractivity contribution in [1.82, 2.24) is 15.0 Å². The molecular formula is C10H19N5O2. The van der Waals surface area contributed by atoms with Crippen LogP contribution in [0.3, 0.4) is 0 Å². The van der Waals surface area contributed by atoms with Gasteiger partial charge in [-0.15, -0.1) is 0 Å². The van der Waals surface area contributed by atoms with Crippen LogP contribution in [0.25, 0.3) is 0 Å². The van der Waals surface area contributed by atoms with Crippen molar-refractivity contribution < 1.29 is 9.84 Å². The molecule has 0 saturated carbocycles. The molecule has 0 saturated heterocycles. The van der Waals surface area contributed by atoms with Crippen molar-refractivity contribution in [2.45, 2.75) is 26.4 Å². The third-order valence-electron chi connectivity index (χ3n) is 1.80. The first-order valence-electron chi connectivity index (χ1n) is 5.61. The highest BCUT2D eigenvalue weighted by Gasteiger charge is 2.07. The minimum Gasteiger partial charge on any atom is -0.461 e. The molecule has 7 heteroatoms. The van der Waals surface area contributed by atoms with Crippen LogP contribution in [-0.2, 0) is 0 Å². The van der Waals surface area contributed by atoms with Crippen LogP contribution >= 0.6 is 0 Å². The van der Waals surface area contributed by atoms with Gasteiger partial charge in [0, 0.05) is 20.2 Å². The zero-order chi connectivity index (χ0) is 12.7. The first-order chi connectivity index (χ1) is 8.15. The lowest BCUT2D eigenvalue weighted by molar-refractivity contribution is 0.222. The molecule has 0 aromatic carbocycles. The summed E-state index contributed by atoms with van der Waals surface area (Å²) in [4.78, 5) is 12.3. The molecule has 3 N–H and O–H groups in total. The average Bonchev–Trinajstić information content (AvgIpc) is 2.28. The van der Waals surface area contributed by atoms with E-state index < -0.39 is 0 Å². The van der Waals surface area contributed by atoms with Crippen LogP contribution < -0.4 is 15.4 Å². The first kappa shape index (κ1) is 13.4. The third kappa shape index (κ3) is 4.81. The Hall–Kier alpha value is -1.63. The molecule has 0 unspecified atom stereocenters. The Bertz CT molecular complexity index is 345. The van der Waals surface area contributed by atoms with E-state index in [1.54, 1.807) is 7.05 Å². The Morgan fingerprint density at radius 3 is 2.53 bits per heavy atom. The van der Waals surface area contributed by atoms with Crippen LogP contribution in [0.2, 0.25) is 0 Å². The normalized spacial score (nSPS) is 10.4. The fourth-order valence-corrected chi connectivity index (χ4v) is 1.09. The smallest absolute Gasteiger partial charge is 0.323 e. The summed E-state index contributed by atoms with van der Waals surface area (Å²) in [5.74, 6) is 0.885. The van der Waals surface area contributed by atoms with E-state index in [2.05, 4.69) is 25.6 Å². The summed E-state index contributed by atoms with van der Waals surface area (Å²) in [6.07, 6.45) is 0.647. The van der Waals surface area contributed by atoms with Crippen LogP contribution in [0.4, 0.5) is 11.9 Å². The van der Waals surface area contributed by atoms with Crippen LogP contribution in [0.15, 0.2) is 0 Å². The molecule has 96 valence electrons. The second-order valence-corrected chi connectivity index (χ2v) is 3.69. The zero-order valence-electron chi connectivity index (χ0n) is 10.4. The number of aromatic nitrogens is 3. The van der Waals surface area contributed by atoms with E-state index in [1.807, 2.05) is 13.8 Å². The number of ether oxygens (including phenoxy) is 1. The summed E-state index contributed by atoms with van der Waals surface area (Å²) >= 11 is 0. The highest BCUT2D eigenvalue weighted by atomic mass is 16.5. The van der Waals surface area contributed by atoms with Crippen LogP contribution in [0.1, 0.15) is 20.3 Å². The number of hydrogen-bond acceptors (Lipinski definition) is 7. The molecule has 1 aromatic heterocycles. The lowest BCUT2D eigenvalue weighted by atomic mass is 10.4. The van der Waals surface area contributed by atoms with Gasteiger partial charge in [-0.1, -0.05) is 0 Å². The van der Waals surface area contributed by atoms with Crippen LogP contribution in [0.5, 0.6) is 6.01 Å². The van der Waals surface area contributed by atoms with Gasteiger partial charge in [-0.2, -0.15) is 15.0 Å². The summed E-state index contributed by atoms with van der Waals surface area (Å²) in [6, 6.07) is 0.283. The maximum atomic E-state index is 8.69. The second kappa shape index (κ2) is 6.85. The average molecular weight is 241 g/mol. The van der Waals surface area contributed by atoms with Crippen molar-refractivity contribution in [3.63, 3.8) is 0 Å². The van der Waals surface area contributed by atoms with Crippen molar-refractivity contribution in [3.8, 4) is 6.01 Å². The molecule has 1 aromatic rings. The molecule has 0 bridgehead atoms. The summed E-state index contributed by atoms with van der Waals surface area (Å²) in [5.41, 5.74) is 0. The number of anilines is 2. The highest BCUT2D eigenvalue weighted by Crippen LogP contribution is 2.11. The molecule has 0 fully saturated rings. The second-order valence-electron chi connectivity index (χ2n) is 3.69. The molecule has 0 atom stereocenters. The fraction of sp³-hybridized carbons (Fsp3) is 0.700. The Balaban J connectivity index is 2.74. The van der Waals surface area contributed by atoms with E-state index >= 15 is 0 Å². The Morgan fingerprint density at radius 1 is 1.24 bits per heavy atom. The summed E-state index contributed by atoms with van der Waals surface area (Å²) in [7, 11) is 1.73. The molecule has 0 aliphatic rings. The molecule has 17 heavy (non-hydrogen) atoms. The summed E-state index contributed by atoms with van der Waals surface area (Å²) in [5, 5.41) is 14.5. The lowest BCUT2D eigenvalue weighted by Gasteiger charge is -2.10. The maximum Gasteiger partial charge on any atom is 0.323 e. The zero-order valence-corrected chi connectivity index (χ0v) is 10.4. The predicted octanol–water partition coefficient (Wildman–Crippen LogP) is 0.495. The Kier molecular flexibility index (Phi) is 5.41. The number of nitrogens with one attached hydrogen (secondary N) is 2. The third-order valence-corrected chi connectivity index (χ3v) is 1.80. The van der Waals surface area contributed by atoms with Gasteiger partial charge in [-0.3, -0.25) is 0 Å². The Labute approximate surface area is 101 Å². The number of aliphatic hydroxyl groups is 1. The van der Waals surface area contributed by atoms with E-state index in [0.717, 1.165) is 0 Å². The first-order valence-corrected chi connectivity index (χ1v) is 5.61. The molecule has 1 rings (SSSR count). The summed E-state index contributed by atoms with van der Waals surface area (Å²) in [6.45, 7) is 4.54. The quantitative estimate of drug-likeness (QED) is 0.598. The van der Waals surface area contributed by atoms with Crippen molar-refractivity contribution >= 4 is 11.9 Å². The van der Waals surface area contributed by atoms with Crippen molar-refractivity contribution in [2.75, 3.05) is 30.8 Å². The number of rotatable bonds is 7. The van der Waals surface area contributed by atoms with Gasteiger partial charge < -0.3 is 20.5 Å².